The predicted octanol–water partition coefficient (Wildman–Crippen LogP) is 2.00. The monoisotopic (exact) mass is 372 g/mol. The maximum absolute atomic E-state index is 13.0. The van der Waals surface area contributed by atoms with Crippen LogP contribution in [-0.2, 0) is 4.74 Å². The second-order valence-electron chi connectivity index (χ2n) is 7.72. The van der Waals surface area contributed by atoms with Gasteiger partial charge in [-0.1, -0.05) is 18.2 Å². The molecule has 1 saturated heterocycles. The molecule has 1 N–H and O–H groups in total. The van der Waals surface area contributed by atoms with Gasteiger partial charge < -0.3 is 14.5 Å². The zero-order chi connectivity index (χ0) is 19.8. The Hall–Kier alpha value is -2.90. The number of nitrogens with one attached hydrogen (secondary N) is 1. The van der Waals surface area contributed by atoms with Gasteiger partial charge in [0.25, 0.3) is 11.5 Å². The normalized spacial score (nSPS) is 17.9. The highest BCUT2D eigenvalue weighted by Crippen LogP contribution is 2.19. The average molecular weight is 372 g/mol. The molecule has 0 aliphatic carbocycles. The number of aromatic nitrogens is 2. The zero-order valence-electron chi connectivity index (χ0n) is 16.0. The number of benzene rings is 1. The molecule has 0 saturated carbocycles. The van der Waals surface area contributed by atoms with E-state index in [4.69, 9.17) is 4.74 Å². The van der Waals surface area contributed by atoms with Gasteiger partial charge in [0, 0.05) is 31.1 Å². The number of rotatable bonds is 1. The van der Waals surface area contributed by atoms with E-state index in [-0.39, 0.29) is 29.3 Å². The molecule has 8 nitrogen and oxygen atoms in total. The maximum atomic E-state index is 13.0. The van der Waals surface area contributed by atoms with Gasteiger partial charge >= 0.3 is 6.09 Å². The molecule has 1 atom stereocenters. The smallest absolute Gasteiger partial charge is 0.410 e. The summed E-state index contributed by atoms with van der Waals surface area (Å²) in [5.41, 5.74) is -0.684. The maximum Gasteiger partial charge on any atom is 0.410 e. The molecule has 2 aromatic rings. The van der Waals surface area contributed by atoms with Gasteiger partial charge in [-0.25, -0.2) is 9.89 Å². The lowest BCUT2D eigenvalue weighted by Gasteiger charge is -2.40. The molecule has 27 heavy (non-hydrogen) atoms. The van der Waals surface area contributed by atoms with Crippen molar-refractivity contribution in [1.82, 2.24) is 20.0 Å². The Balaban J connectivity index is 1.78. The van der Waals surface area contributed by atoms with Crippen LogP contribution in [0.3, 0.4) is 0 Å². The van der Waals surface area contributed by atoms with Crippen LogP contribution < -0.4 is 5.56 Å². The van der Waals surface area contributed by atoms with Crippen molar-refractivity contribution in [2.75, 3.05) is 19.6 Å². The van der Waals surface area contributed by atoms with Gasteiger partial charge in [0.2, 0.25) is 0 Å². The zero-order valence-corrected chi connectivity index (χ0v) is 16.0. The number of fused-ring (bicyclic) bond motifs is 1. The molecular weight excluding hydrogens is 348 g/mol. The van der Waals surface area contributed by atoms with Crippen molar-refractivity contribution < 1.29 is 14.3 Å². The molecule has 1 aliphatic rings. The third kappa shape index (κ3) is 3.94. The first-order chi connectivity index (χ1) is 12.7. The molecule has 3 rings (SSSR count). The van der Waals surface area contributed by atoms with Gasteiger partial charge in [-0.2, -0.15) is 5.10 Å². The van der Waals surface area contributed by atoms with Crippen LogP contribution >= 0.6 is 0 Å². The second-order valence-corrected chi connectivity index (χ2v) is 7.72. The van der Waals surface area contributed by atoms with Gasteiger partial charge in [0.15, 0.2) is 5.69 Å². The van der Waals surface area contributed by atoms with E-state index in [0.29, 0.717) is 30.4 Å². The Morgan fingerprint density at radius 2 is 1.85 bits per heavy atom. The van der Waals surface area contributed by atoms with Crippen molar-refractivity contribution >= 4 is 22.8 Å². The minimum Gasteiger partial charge on any atom is -0.444 e. The van der Waals surface area contributed by atoms with E-state index in [9.17, 15) is 14.4 Å². The number of H-pyrrole nitrogens is 1. The Bertz CT molecular complexity index is 931. The predicted molar refractivity (Wildman–Crippen MR) is 101 cm³/mol. The van der Waals surface area contributed by atoms with Crippen molar-refractivity contribution in [1.29, 1.82) is 0 Å². The Morgan fingerprint density at radius 3 is 2.48 bits per heavy atom. The van der Waals surface area contributed by atoms with Gasteiger partial charge in [-0.05, 0) is 33.8 Å². The summed E-state index contributed by atoms with van der Waals surface area (Å²) in [5.74, 6) is -0.266. The van der Waals surface area contributed by atoms with Crippen LogP contribution in [0.5, 0.6) is 0 Å². The number of nitrogens with zero attached hydrogens (tertiary/aromatic N) is 3. The highest BCUT2D eigenvalue weighted by molar-refractivity contribution is 6.04. The SMILES string of the molecule is C[C@H]1CN(C(=O)c2n[nH]c(=O)c3ccccc23)CCN1C(=O)OC(C)(C)C. The summed E-state index contributed by atoms with van der Waals surface area (Å²) in [7, 11) is 0. The number of hydrogen-bond donors (Lipinski definition) is 1. The molecule has 0 unspecified atom stereocenters. The van der Waals surface area contributed by atoms with Crippen LogP contribution in [-0.4, -0.2) is 63.3 Å². The molecule has 0 bridgehead atoms. The average Bonchev–Trinajstić information content (AvgIpc) is 2.60. The van der Waals surface area contributed by atoms with Crippen LogP contribution in [0.4, 0.5) is 4.79 Å². The van der Waals surface area contributed by atoms with Crippen molar-refractivity contribution in [3.63, 3.8) is 0 Å². The van der Waals surface area contributed by atoms with Gasteiger partial charge in [0.1, 0.15) is 5.60 Å². The number of ether oxygens (including phenoxy) is 1. The van der Waals surface area contributed by atoms with Gasteiger partial charge in [0.05, 0.1) is 5.39 Å². The van der Waals surface area contributed by atoms with Crippen LogP contribution in [0.1, 0.15) is 38.2 Å². The molecule has 1 aromatic heterocycles. The van der Waals surface area contributed by atoms with Crippen molar-refractivity contribution in [3.05, 3.63) is 40.3 Å². The Labute approximate surface area is 157 Å². The standard InChI is InChI=1S/C19H24N4O4/c1-12-11-22(9-10-23(12)18(26)27-19(2,3)4)17(25)15-13-7-5-6-8-14(13)16(24)21-20-15/h5-8,12H,9-11H2,1-4H3,(H,21,24)/t12-/m0/s1. The van der Waals surface area contributed by atoms with Crippen molar-refractivity contribution in [2.24, 2.45) is 0 Å². The minimum atomic E-state index is -0.567. The highest BCUT2D eigenvalue weighted by atomic mass is 16.6. The molecule has 144 valence electrons. The molecule has 1 aromatic carbocycles. The summed E-state index contributed by atoms with van der Waals surface area (Å²) in [6.07, 6.45) is -0.380. The summed E-state index contributed by atoms with van der Waals surface area (Å²) in [6, 6.07) is 6.70. The summed E-state index contributed by atoms with van der Waals surface area (Å²) < 4.78 is 5.43. The number of hydrogen-bond acceptors (Lipinski definition) is 5. The minimum absolute atomic E-state index is 0.188. The summed E-state index contributed by atoms with van der Waals surface area (Å²) >= 11 is 0. The first-order valence-electron chi connectivity index (χ1n) is 8.93. The number of piperazine rings is 1. The molecule has 0 spiro atoms. The Morgan fingerprint density at radius 1 is 1.19 bits per heavy atom. The third-order valence-electron chi connectivity index (χ3n) is 4.44. The van der Waals surface area contributed by atoms with E-state index >= 15 is 0 Å². The van der Waals surface area contributed by atoms with Crippen LogP contribution in [0.2, 0.25) is 0 Å². The quantitative estimate of drug-likeness (QED) is 0.826. The summed E-state index contributed by atoms with van der Waals surface area (Å²) in [4.78, 5) is 40.5. The van der Waals surface area contributed by atoms with Gasteiger partial charge in [-0.3, -0.25) is 9.59 Å². The van der Waals surface area contributed by atoms with Crippen molar-refractivity contribution in [2.45, 2.75) is 39.3 Å². The van der Waals surface area contributed by atoms with Gasteiger partial charge in [-0.15, -0.1) is 0 Å². The van der Waals surface area contributed by atoms with E-state index in [1.54, 1.807) is 34.1 Å². The number of aromatic amines is 1. The third-order valence-corrected chi connectivity index (χ3v) is 4.44. The van der Waals surface area contributed by atoms with E-state index in [0.717, 1.165) is 0 Å². The van der Waals surface area contributed by atoms with E-state index in [2.05, 4.69) is 10.2 Å². The lowest BCUT2D eigenvalue weighted by molar-refractivity contribution is 0.00191. The fraction of sp³-hybridized carbons (Fsp3) is 0.474. The lowest BCUT2D eigenvalue weighted by atomic mass is 10.1. The fourth-order valence-corrected chi connectivity index (χ4v) is 3.16. The molecule has 0 radical (unpaired) electrons. The first-order valence-corrected chi connectivity index (χ1v) is 8.93. The van der Waals surface area contributed by atoms with Crippen LogP contribution in [0, 0.1) is 0 Å². The topological polar surface area (TPSA) is 95.6 Å². The van der Waals surface area contributed by atoms with E-state index in [1.165, 1.54) is 0 Å². The Kier molecular flexibility index (Phi) is 4.91. The second kappa shape index (κ2) is 7.02. The van der Waals surface area contributed by atoms with E-state index < -0.39 is 5.60 Å². The number of carbonyl (C=O) groups is 2. The molecule has 1 fully saturated rings. The largest absolute Gasteiger partial charge is 0.444 e. The van der Waals surface area contributed by atoms with Crippen molar-refractivity contribution in [3.8, 4) is 0 Å². The molecule has 2 amide bonds. The lowest BCUT2D eigenvalue weighted by Crippen LogP contribution is -2.56. The fourth-order valence-electron chi connectivity index (χ4n) is 3.16. The highest BCUT2D eigenvalue weighted by Gasteiger charge is 2.33. The number of carbonyl (C=O) groups excluding carboxylic acids is 2. The summed E-state index contributed by atoms with van der Waals surface area (Å²) in [6.45, 7) is 8.46. The molecule has 8 heteroatoms. The number of amides is 2. The van der Waals surface area contributed by atoms with Crippen LogP contribution in [0.15, 0.2) is 29.1 Å². The molecule has 1 aliphatic heterocycles. The molecule has 2 heterocycles. The van der Waals surface area contributed by atoms with E-state index in [1.807, 2.05) is 27.7 Å². The van der Waals surface area contributed by atoms with Crippen LogP contribution in [0.25, 0.3) is 10.8 Å². The first kappa shape index (κ1) is 18.9. The summed E-state index contributed by atoms with van der Waals surface area (Å²) in [5, 5.41) is 7.31. The molecular formula is C19H24N4O4.